The molecule has 0 atom stereocenters. The molecule has 1 N–H and O–H groups in total. The van der Waals surface area contributed by atoms with E-state index in [0.29, 0.717) is 17.9 Å². The van der Waals surface area contributed by atoms with Crippen molar-refractivity contribution in [3.8, 4) is 23.0 Å². The number of aromatic nitrogens is 1. The van der Waals surface area contributed by atoms with E-state index in [0.717, 1.165) is 16.9 Å². The summed E-state index contributed by atoms with van der Waals surface area (Å²) in [6.45, 7) is 2.24. The zero-order chi connectivity index (χ0) is 23.4. The number of nitrogens with one attached hydrogen (secondary N) is 1. The van der Waals surface area contributed by atoms with E-state index >= 15 is 0 Å². The Labute approximate surface area is 192 Å². The quantitative estimate of drug-likeness (QED) is 0.387. The van der Waals surface area contributed by atoms with Gasteiger partial charge in [0, 0.05) is 12.1 Å². The molecular formula is C25H24N2O5S. The van der Waals surface area contributed by atoms with Crippen LogP contribution in [0.25, 0.3) is 11.5 Å². The summed E-state index contributed by atoms with van der Waals surface area (Å²) in [6.07, 6.45) is 0. The average Bonchev–Trinajstić information content (AvgIpc) is 3.28. The highest BCUT2D eigenvalue weighted by molar-refractivity contribution is 7.91. The maximum absolute atomic E-state index is 13.4. The number of benzene rings is 3. The fraction of sp³-hybridized carbons (Fsp3) is 0.160. The van der Waals surface area contributed by atoms with Crippen molar-refractivity contribution in [2.24, 2.45) is 0 Å². The molecule has 3 aromatic carbocycles. The zero-order valence-electron chi connectivity index (χ0n) is 18.5. The van der Waals surface area contributed by atoms with Crippen molar-refractivity contribution in [1.29, 1.82) is 0 Å². The number of methoxy groups -OCH3 is 2. The van der Waals surface area contributed by atoms with Gasteiger partial charge in [-0.3, -0.25) is 0 Å². The summed E-state index contributed by atoms with van der Waals surface area (Å²) in [5, 5.41) is 2.93. The Morgan fingerprint density at radius 1 is 0.848 bits per heavy atom. The molecule has 4 rings (SSSR count). The van der Waals surface area contributed by atoms with E-state index in [1.165, 1.54) is 0 Å². The number of oxazole rings is 1. The van der Waals surface area contributed by atoms with Gasteiger partial charge in [-0.2, -0.15) is 4.98 Å². The van der Waals surface area contributed by atoms with Crippen LogP contribution in [0.15, 0.2) is 87.1 Å². The van der Waals surface area contributed by atoms with Crippen LogP contribution in [0.4, 0.5) is 5.88 Å². The Morgan fingerprint density at radius 2 is 1.42 bits per heavy atom. The number of hydrogen-bond donors (Lipinski definition) is 1. The summed E-state index contributed by atoms with van der Waals surface area (Å²) in [5.74, 6) is 1.69. The third-order valence-electron chi connectivity index (χ3n) is 5.13. The van der Waals surface area contributed by atoms with Gasteiger partial charge in [0.25, 0.3) is 0 Å². The molecule has 0 unspecified atom stereocenters. The topological polar surface area (TPSA) is 90.7 Å². The van der Waals surface area contributed by atoms with Crippen LogP contribution in [-0.2, 0) is 16.4 Å². The summed E-state index contributed by atoms with van der Waals surface area (Å²) >= 11 is 0. The molecule has 0 amide bonds. The van der Waals surface area contributed by atoms with Crippen molar-refractivity contribution in [2.45, 2.75) is 23.4 Å². The minimum absolute atomic E-state index is 0.0808. The van der Waals surface area contributed by atoms with E-state index in [2.05, 4.69) is 10.3 Å². The fourth-order valence-corrected chi connectivity index (χ4v) is 4.49. The van der Waals surface area contributed by atoms with E-state index in [1.54, 1.807) is 62.8 Å². The van der Waals surface area contributed by atoms with Gasteiger partial charge >= 0.3 is 0 Å². The van der Waals surface area contributed by atoms with E-state index < -0.39 is 9.84 Å². The number of sulfone groups is 1. The number of aryl methyl sites for hydroxylation is 1. The molecule has 0 aliphatic heterocycles. The van der Waals surface area contributed by atoms with Crippen LogP contribution in [-0.4, -0.2) is 27.6 Å². The fourth-order valence-electron chi connectivity index (χ4n) is 3.21. The van der Waals surface area contributed by atoms with Crippen molar-refractivity contribution < 1.29 is 22.3 Å². The van der Waals surface area contributed by atoms with Gasteiger partial charge in [-0.15, -0.1) is 0 Å². The SMILES string of the molecule is COc1ccc(CNc2oc(-c3ccc(OC)cc3)nc2S(=O)(=O)c2ccc(C)cc2)cc1. The highest BCUT2D eigenvalue weighted by atomic mass is 32.2. The first kappa shape index (κ1) is 22.4. The zero-order valence-corrected chi connectivity index (χ0v) is 19.3. The molecule has 0 fully saturated rings. The van der Waals surface area contributed by atoms with Gasteiger partial charge in [0.2, 0.25) is 26.6 Å². The molecule has 1 heterocycles. The number of nitrogens with zero attached hydrogens (tertiary/aromatic N) is 1. The maximum Gasteiger partial charge on any atom is 0.234 e. The Hall–Kier alpha value is -3.78. The molecule has 7 nitrogen and oxygen atoms in total. The molecule has 0 aliphatic carbocycles. The second-order valence-corrected chi connectivity index (χ2v) is 9.26. The molecule has 0 bridgehead atoms. The van der Waals surface area contributed by atoms with Gasteiger partial charge in [-0.1, -0.05) is 29.8 Å². The van der Waals surface area contributed by atoms with Crippen LogP contribution in [0.1, 0.15) is 11.1 Å². The highest BCUT2D eigenvalue weighted by Crippen LogP contribution is 2.33. The first-order valence-corrected chi connectivity index (χ1v) is 11.7. The molecule has 170 valence electrons. The lowest BCUT2D eigenvalue weighted by Gasteiger charge is -2.07. The van der Waals surface area contributed by atoms with Gasteiger partial charge in [0.1, 0.15) is 11.5 Å². The Bertz CT molecular complexity index is 1330. The molecule has 4 aromatic rings. The Balaban J connectivity index is 1.71. The summed E-state index contributed by atoms with van der Waals surface area (Å²) in [7, 11) is -0.735. The molecule has 0 spiro atoms. The van der Waals surface area contributed by atoms with Crippen LogP contribution < -0.4 is 14.8 Å². The number of ether oxygens (including phenoxy) is 2. The lowest BCUT2D eigenvalue weighted by Crippen LogP contribution is -2.07. The number of rotatable bonds is 8. The van der Waals surface area contributed by atoms with Crippen LogP contribution in [0.5, 0.6) is 11.5 Å². The smallest absolute Gasteiger partial charge is 0.234 e. The monoisotopic (exact) mass is 464 g/mol. The van der Waals surface area contributed by atoms with Gasteiger partial charge in [0.05, 0.1) is 19.1 Å². The second kappa shape index (κ2) is 9.38. The molecule has 0 radical (unpaired) electrons. The van der Waals surface area contributed by atoms with E-state index in [1.807, 2.05) is 31.2 Å². The van der Waals surface area contributed by atoms with Crippen molar-refractivity contribution in [1.82, 2.24) is 4.98 Å². The molecule has 1 aromatic heterocycles. The van der Waals surface area contributed by atoms with Gasteiger partial charge in [-0.05, 0) is 61.0 Å². The maximum atomic E-state index is 13.4. The van der Waals surface area contributed by atoms with Crippen molar-refractivity contribution in [3.05, 3.63) is 83.9 Å². The van der Waals surface area contributed by atoms with E-state index in [-0.39, 0.29) is 21.7 Å². The largest absolute Gasteiger partial charge is 0.497 e. The van der Waals surface area contributed by atoms with Crippen molar-refractivity contribution in [3.63, 3.8) is 0 Å². The third kappa shape index (κ3) is 4.85. The molecule has 8 heteroatoms. The van der Waals surface area contributed by atoms with Crippen molar-refractivity contribution in [2.75, 3.05) is 19.5 Å². The lowest BCUT2D eigenvalue weighted by molar-refractivity contribution is 0.414. The highest BCUT2D eigenvalue weighted by Gasteiger charge is 2.28. The lowest BCUT2D eigenvalue weighted by atomic mass is 10.2. The third-order valence-corrected chi connectivity index (χ3v) is 6.81. The van der Waals surface area contributed by atoms with Crippen LogP contribution in [0, 0.1) is 6.92 Å². The Morgan fingerprint density at radius 3 is 2.00 bits per heavy atom. The van der Waals surface area contributed by atoms with Crippen LogP contribution in [0.3, 0.4) is 0 Å². The van der Waals surface area contributed by atoms with Crippen LogP contribution >= 0.6 is 0 Å². The molecular weight excluding hydrogens is 440 g/mol. The van der Waals surface area contributed by atoms with Gasteiger partial charge in [-0.25, -0.2) is 8.42 Å². The summed E-state index contributed by atoms with van der Waals surface area (Å²) in [5.41, 5.74) is 2.52. The number of hydrogen-bond acceptors (Lipinski definition) is 7. The van der Waals surface area contributed by atoms with Crippen LogP contribution in [0.2, 0.25) is 0 Å². The van der Waals surface area contributed by atoms with E-state index in [4.69, 9.17) is 13.9 Å². The second-order valence-electron chi connectivity index (χ2n) is 7.40. The Kier molecular flexibility index (Phi) is 6.37. The van der Waals surface area contributed by atoms with Gasteiger partial charge in [0.15, 0.2) is 0 Å². The standard InChI is InChI=1S/C25H24N2O5S/c1-17-4-14-22(15-5-17)33(28,29)25-24(26-16-18-6-10-20(30-2)11-7-18)32-23(27-25)19-8-12-21(31-3)13-9-19/h4-15,26H,16H2,1-3H3. The van der Waals surface area contributed by atoms with E-state index in [9.17, 15) is 8.42 Å². The molecule has 0 saturated heterocycles. The molecule has 0 saturated carbocycles. The summed E-state index contributed by atoms with van der Waals surface area (Å²) in [4.78, 5) is 4.52. The predicted octanol–water partition coefficient (Wildman–Crippen LogP) is 5.11. The molecule has 33 heavy (non-hydrogen) atoms. The number of anilines is 1. The summed E-state index contributed by atoms with van der Waals surface area (Å²) in [6, 6.07) is 21.1. The first-order chi connectivity index (χ1) is 15.9. The average molecular weight is 465 g/mol. The first-order valence-electron chi connectivity index (χ1n) is 10.2. The van der Waals surface area contributed by atoms with Crippen molar-refractivity contribution >= 4 is 15.7 Å². The van der Waals surface area contributed by atoms with Gasteiger partial charge < -0.3 is 19.2 Å². The predicted molar refractivity (Wildman–Crippen MR) is 125 cm³/mol. The minimum Gasteiger partial charge on any atom is -0.497 e. The molecule has 0 aliphatic rings. The normalized spacial score (nSPS) is 11.2. The summed E-state index contributed by atoms with van der Waals surface area (Å²) < 4.78 is 43.1. The minimum atomic E-state index is -3.91.